The van der Waals surface area contributed by atoms with E-state index in [-0.39, 0.29) is 17.9 Å². The monoisotopic (exact) mass is 341 g/mol. The topological polar surface area (TPSA) is 20.3 Å². The fourth-order valence-corrected chi connectivity index (χ4v) is 3.89. The van der Waals surface area contributed by atoms with Gasteiger partial charge in [-0.05, 0) is 31.9 Å². The minimum Gasteiger partial charge on any atom is -0.340 e. The number of hydrogen-bond acceptors (Lipinski definition) is 2. The van der Waals surface area contributed by atoms with Crippen LogP contribution in [0.4, 0.5) is 0 Å². The molecular weight excluding hydrogens is 322 g/mol. The van der Waals surface area contributed by atoms with Gasteiger partial charge in [0.15, 0.2) is 0 Å². The van der Waals surface area contributed by atoms with Crippen molar-refractivity contribution >= 4 is 33.6 Å². The van der Waals surface area contributed by atoms with Gasteiger partial charge in [-0.2, -0.15) is 0 Å². The molecule has 1 aliphatic heterocycles. The lowest BCUT2D eigenvalue weighted by Gasteiger charge is -2.29. The molecule has 0 fully saturated rings. The number of halogens is 1. The number of nitrogens with zero attached hydrogens (tertiary/aromatic N) is 1. The molecule has 4 heteroatoms. The molecule has 1 aromatic carbocycles. The number of amides is 1. The van der Waals surface area contributed by atoms with Gasteiger partial charge < -0.3 is 4.90 Å². The Morgan fingerprint density at radius 2 is 2.21 bits per heavy atom. The maximum absolute atomic E-state index is 12.8. The van der Waals surface area contributed by atoms with E-state index in [2.05, 4.69) is 41.9 Å². The number of benzene rings is 1. The molecule has 0 aromatic heterocycles. The highest BCUT2D eigenvalue weighted by atomic mass is 79.9. The van der Waals surface area contributed by atoms with Crippen molar-refractivity contribution in [3.05, 3.63) is 29.8 Å². The van der Waals surface area contributed by atoms with Crippen LogP contribution in [-0.2, 0) is 4.79 Å². The first kappa shape index (κ1) is 14.9. The standard InChI is InChI=1S/C15H20BrNOS/c1-11(2)17(9-5-8-16)15(18)13-10-19-14-7-4-3-6-12(13)14/h3-4,6-7,11,13H,5,8-10H2,1-2H3. The highest BCUT2D eigenvalue weighted by Gasteiger charge is 2.32. The van der Waals surface area contributed by atoms with E-state index >= 15 is 0 Å². The van der Waals surface area contributed by atoms with Crippen molar-refractivity contribution in [1.82, 2.24) is 4.90 Å². The first-order chi connectivity index (χ1) is 9.15. The molecule has 19 heavy (non-hydrogen) atoms. The van der Waals surface area contributed by atoms with E-state index in [1.807, 2.05) is 17.0 Å². The van der Waals surface area contributed by atoms with E-state index in [1.54, 1.807) is 11.8 Å². The number of rotatable bonds is 5. The largest absolute Gasteiger partial charge is 0.340 e. The number of carbonyl (C=O) groups excluding carboxylic acids is 1. The van der Waals surface area contributed by atoms with E-state index in [0.29, 0.717) is 0 Å². The Kier molecular flexibility index (Phi) is 5.34. The smallest absolute Gasteiger partial charge is 0.231 e. The van der Waals surface area contributed by atoms with Crippen LogP contribution in [0.1, 0.15) is 31.7 Å². The van der Waals surface area contributed by atoms with Crippen LogP contribution in [0.15, 0.2) is 29.2 Å². The summed E-state index contributed by atoms with van der Waals surface area (Å²) < 4.78 is 0. The summed E-state index contributed by atoms with van der Waals surface area (Å²) in [5, 5.41) is 0.944. The molecule has 1 aromatic rings. The molecule has 1 atom stereocenters. The number of thioether (sulfide) groups is 1. The van der Waals surface area contributed by atoms with Crippen LogP contribution >= 0.6 is 27.7 Å². The minimum atomic E-state index is 0.0407. The number of hydrogen-bond donors (Lipinski definition) is 0. The van der Waals surface area contributed by atoms with Gasteiger partial charge in [-0.15, -0.1) is 11.8 Å². The third kappa shape index (κ3) is 3.34. The molecule has 0 bridgehead atoms. The second-order valence-electron chi connectivity index (χ2n) is 5.07. The molecule has 1 amide bonds. The van der Waals surface area contributed by atoms with Crippen LogP contribution in [0.25, 0.3) is 0 Å². The molecule has 0 saturated heterocycles. The summed E-state index contributed by atoms with van der Waals surface area (Å²) in [4.78, 5) is 16.0. The van der Waals surface area contributed by atoms with Crippen molar-refractivity contribution in [2.45, 2.75) is 37.1 Å². The molecule has 0 N–H and O–H groups in total. The van der Waals surface area contributed by atoms with Crippen LogP contribution in [0.5, 0.6) is 0 Å². The highest BCUT2D eigenvalue weighted by molar-refractivity contribution is 9.09. The predicted octanol–water partition coefficient (Wildman–Crippen LogP) is 3.90. The van der Waals surface area contributed by atoms with Crippen molar-refractivity contribution in [2.24, 2.45) is 0 Å². The maximum atomic E-state index is 12.8. The second kappa shape index (κ2) is 6.80. The highest BCUT2D eigenvalue weighted by Crippen LogP contribution is 2.40. The lowest BCUT2D eigenvalue weighted by Crippen LogP contribution is -2.41. The molecule has 104 valence electrons. The van der Waals surface area contributed by atoms with E-state index in [1.165, 1.54) is 10.5 Å². The van der Waals surface area contributed by atoms with Gasteiger partial charge in [0.1, 0.15) is 0 Å². The lowest BCUT2D eigenvalue weighted by atomic mass is 9.99. The summed E-state index contributed by atoms with van der Waals surface area (Å²) >= 11 is 5.24. The normalized spacial score (nSPS) is 17.6. The van der Waals surface area contributed by atoms with Crippen LogP contribution < -0.4 is 0 Å². The fraction of sp³-hybridized carbons (Fsp3) is 0.533. The first-order valence-corrected chi connectivity index (χ1v) is 8.84. The average molecular weight is 342 g/mol. The van der Waals surface area contributed by atoms with Gasteiger partial charge in [0.05, 0.1) is 5.92 Å². The number of carbonyl (C=O) groups is 1. The van der Waals surface area contributed by atoms with Crippen LogP contribution in [-0.4, -0.2) is 34.5 Å². The van der Waals surface area contributed by atoms with Crippen molar-refractivity contribution in [2.75, 3.05) is 17.6 Å². The van der Waals surface area contributed by atoms with Gasteiger partial charge in [0, 0.05) is 28.6 Å². The van der Waals surface area contributed by atoms with Crippen LogP contribution in [0.3, 0.4) is 0 Å². The third-order valence-corrected chi connectivity index (χ3v) is 5.18. The Balaban J connectivity index is 2.15. The van der Waals surface area contributed by atoms with Gasteiger partial charge in [-0.1, -0.05) is 34.1 Å². The molecule has 2 nitrogen and oxygen atoms in total. The van der Waals surface area contributed by atoms with E-state index < -0.39 is 0 Å². The minimum absolute atomic E-state index is 0.0407. The van der Waals surface area contributed by atoms with Gasteiger partial charge in [0.2, 0.25) is 5.91 Å². The molecule has 1 unspecified atom stereocenters. The van der Waals surface area contributed by atoms with E-state index in [4.69, 9.17) is 0 Å². The zero-order valence-electron chi connectivity index (χ0n) is 11.4. The van der Waals surface area contributed by atoms with Crippen LogP contribution in [0, 0.1) is 0 Å². The van der Waals surface area contributed by atoms with Crippen LogP contribution in [0.2, 0.25) is 0 Å². The summed E-state index contributed by atoms with van der Waals surface area (Å²) in [6.07, 6.45) is 1.01. The quantitative estimate of drug-likeness (QED) is 0.757. The zero-order chi connectivity index (χ0) is 13.8. The molecule has 0 aliphatic carbocycles. The molecule has 1 heterocycles. The Bertz CT molecular complexity index is 450. The summed E-state index contributed by atoms with van der Waals surface area (Å²) in [5.41, 5.74) is 1.21. The lowest BCUT2D eigenvalue weighted by molar-refractivity contribution is -0.134. The molecule has 0 saturated carbocycles. The van der Waals surface area contributed by atoms with Gasteiger partial charge in [0.25, 0.3) is 0 Å². The van der Waals surface area contributed by atoms with Crippen molar-refractivity contribution in [1.29, 1.82) is 0 Å². The van der Waals surface area contributed by atoms with E-state index in [9.17, 15) is 4.79 Å². The fourth-order valence-electron chi connectivity index (χ4n) is 2.42. The molecular formula is C15H20BrNOS. The maximum Gasteiger partial charge on any atom is 0.231 e. The predicted molar refractivity (Wildman–Crippen MR) is 85.2 cm³/mol. The SMILES string of the molecule is CC(C)N(CCCBr)C(=O)C1CSc2ccccc21. The van der Waals surface area contributed by atoms with Gasteiger partial charge >= 0.3 is 0 Å². The first-order valence-electron chi connectivity index (χ1n) is 6.73. The van der Waals surface area contributed by atoms with E-state index in [0.717, 1.165) is 24.0 Å². The number of fused-ring (bicyclic) bond motifs is 1. The summed E-state index contributed by atoms with van der Waals surface area (Å²) in [6, 6.07) is 8.56. The Morgan fingerprint density at radius 3 is 2.89 bits per heavy atom. The molecule has 0 radical (unpaired) electrons. The number of alkyl halides is 1. The van der Waals surface area contributed by atoms with Crippen molar-refractivity contribution in [3.8, 4) is 0 Å². The zero-order valence-corrected chi connectivity index (χ0v) is 13.8. The summed E-state index contributed by atoms with van der Waals surface area (Å²) in [6.45, 7) is 5.03. The Morgan fingerprint density at radius 1 is 1.47 bits per heavy atom. The molecule has 2 rings (SSSR count). The molecule has 0 spiro atoms. The van der Waals surface area contributed by atoms with Crippen molar-refractivity contribution < 1.29 is 4.79 Å². The van der Waals surface area contributed by atoms with Gasteiger partial charge in [-0.3, -0.25) is 4.79 Å². The Hall–Kier alpha value is -0.480. The third-order valence-electron chi connectivity index (χ3n) is 3.44. The second-order valence-corrected chi connectivity index (χ2v) is 6.92. The Labute approximate surface area is 128 Å². The van der Waals surface area contributed by atoms with Gasteiger partial charge in [-0.25, -0.2) is 0 Å². The summed E-state index contributed by atoms with van der Waals surface area (Å²) in [5.74, 6) is 1.21. The average Bonchev–Trinajstić information content (AvgIpc) is 2.82. The van der Waals surface area contributed by atoms with Crippen molar-refractivity contribution in [3.63, 3.8) is 0 Å². The summed E-state index contributed by atoms with van der Waals surface area (Å²) in [7, 11) is 0. The molecule has 1 aliphatic rings.